The summed E-state index contributed by atoms with van der Waals surface area (Å²) in [6, 6.07) is 8.25. The standard InChI is InChI=1S/C17H24N2O2S/c1-13-12-16(17(20)21-13)18-15-4-2-14(3-5-15)6-7-19-8-10-22-11-9-19/h2-5,13,16,18H,6-12H2,1H3/t13-,16+/m1/s1. The summed E-state index contributed by atoms with van der Waals surface area (Å²) < 4.78 is 5.17. The zero-order valence-electron chi connectivity index (χ0n) is 13.1. The quantitative estimate of drug-likeness (QED) is 0.844. The SMILES string of the molecule is C[C@@H]1C[C@H](Nc2ccc(CCN3CCSCC3)cc2)C(=O)O1. The van der Waals surface area contributed by atoms with E-state index in [-0.39, 0.29) is 18.1 Å². The van der Waals surface area contributed by atoms with Crippen molar-refractivity contribution in [2.75, 3.05) is 36.5 Å². The number of hydrogen-bond donors (Lipinski definition) is 1. The molecule has 2 heterocycles. The van der Waals surface area contributed by atoms with Crippen LogP contribution in [0.25, 0.3) is 0 Å². The van der Waals surface area contributed by atoms with Crippen molar-refractivity contribution >= 4 is 23.4 Å². The molecule has 1 aromatic rings. The minimum Gasteiger partial charge on any atom is -0.461 e. The first-order valence-corrected chi connectivity index (χ1v) is 9.22. The number of hydrogen-bond acceptors (Lipinski definition) is 5. The van der Waals surface area contributed by atoms with Gasteiger partial charge >= 0.3 is 5.97 Å². The zero-order valence-corrected chi connectivity index (χ0v) is 13.9. The Balaban J connectivity index is 1.48. The highest BCUT2D eigenvalue weighted by molar-refractivity contribution is 7.99. The number of ether oxygens (including phenoxy) is 1. The van der Waals surface area contributed by atoms with Gasteiger partial charge in [0.15, 0.2) is 0 Å². The molecule has 3 rings (SSSR count). The van der Waals surface area contributed by atoms with Gasteiger partial charge in [0.2, 0.25) is 0 Å². The van der Waals surface area contributed by atoms with Crippen LogP contribution in [0.15, 0.2) is 24.3 Å². The van der Waals surface area contributed by atoms with Crippen LogP contribution < -0.4 is 5.32 Å². The predicted octanol–water partition coefficient (Wildman–Crippen LogP) is 2.39. The summed E-state index contributed by atoms with van der Waals surface area (Å²) in [6.45, 7) is 5.50. The number of nitrogens with one attached hydrogen (secondary N) is 1. The van der Waals surface area contributed by atoms with E-state index < -0.39 is 0 Å². The fourth-order valence-electron chi connectivity index (χ4n) is 2.96. The third-order valence-electron chi connectivity index (χ3n) is 4.28. The summed E-state index contributed by atoms with van der Waals surface area (Å²) in [6.07, 6.45) is 1.85. The number of benzene rings is 1. The fraction of sp³-hybridized carbons (Fsp3) is 0.588. The predicted molar refractivity (Wildman–Crippen MR) is 91.5 cm³/mol. The first-order valence-electron chi connectivity index (χ1n) is 8.07. The summed E-state index contributed by atoms with van der Waals surface area (Å²) >= 11 is 2.05. The molecule has 0 bridgehead atoms. The highest BCUT2D eigenvalue weighted by Gasteiger charge is 2.31. The second-order valence-corrected chi connectivity index (χ2v) is 7.31. The lowest BCUT2D eigenvalue weighted by Crippen LogP contribution is -2.34. The van der Waals surface area contributed by atoms with E-state index in [2.05, 4.69) is 34.5 Å². The Morgan fingerprint density at radius 1 is 1.27 bits per heavy atom. The molecule has 0 unspecified atom stereocenters. The number of cyclic esters (lactones) is 1. The molecular formula is C17H24N2O2S. The number of anilines is 1. The van der Waals surface area contributed by atoms with E-state index in [1.54, 1.807) is 0 Å². The molecule has 2 aliphatic rings. The van der Waals surface area contributed by atoms with Crippen LogP contribution in [0.5, 0.6) is 0 Å². The molecule has 0 aliphatic carbocycles. The average Bonchev–Trinajstić information content (AvgIpc) is 2.85. The van der Waals surface area contributed by atoms with Gasteiger partial charge in [-0.2, -0.15) is 11.8 Å². The van der Waals surface area contributed by atoms with Crippen LogP contribution in [-0.2, 0) is 16.0 Å². The fourth-order valence-corrected chi connectivity index (χ4v) is 3.93. The van der Waals surface area contributed by atoms with Gasteiger partial charge in [-0.15, -0.1) is 0 Å². The Hall–Kier alpha value is -1.20. The highest BCUT2D eigenvalue weighted by atomic mass is 32.2. The molecule has 0 amide bonds. The number of nitrogens with zero attached hydrogens (tertiary/aromatic N) is 1. The third kappa shape index (κ3) is 4.17. The maximum atomic E-state index is 11.6. The number of carbonyl (C=O) groups excluding carboxylic acids is 1. The van der Waals surface area contributed by atoms with Crippen LogP contribution in [-0.4, -0.2) is 54.2 Å². The normalized spacial score (nSPS) is 26.0. The summed E-state index contributed by atoms with van der Waals surface area (Å²) in [7, 11) is 0. The molecule has 2 saturated heterocycles. The average molecular weight is 320 g/mol. The van der Waals surface area contributed by atoms with Crippen molar-refractivity contribution in [3.63, 3.8) is 0 Å². The molecule has 5 heteroatoms. The van der Waals surface area contributed by atoms with Crippen molar-refractivity contribution in [3.05, 3.63) is 29.8 Å². The summed E-state index contributed by atoms with van der Waals surface area (Å²) in [5.41, 5.74) is 2.35. The van der Waals surface area contributed by atoms with Crippen LogP contribution in [0.3, 0.4) is 0 Å². The minimum absolute atomic E-state index is 0.0204. The van der Waals surface area contributed by atoms with Gasteiger partial charge in [0, 0.05) is 43.2 Å². The number of rotatable bonds is 5. The Bertz CT molecular complexity index is 500. The largest absolute Gasteiger partial charge is 0.461 e. The second kappa shape index (κ2) is 7.38. The van der Waals surface area contributed by atoms with Crippen LogP contribution in [0.1, 0.15) is 18.9 Å². The van der Waals surface area contributed by atoms with Gasteiger partial charge in [-0.05, 0) is 31.0 Å². The van der Waals surface area contributed by atoms with Crippen molar-refractivity contribution in [1.82, 2.24) is 4.90 Å². The Kier molecular flexibility index (Phi) is 5.26. The smallest absolute Gasteiger partial charge is 0.328 e. The molecule has 4 nitrogen and oxygen atoms in total. The highest BCUT2D eigenvalue weighted by Crippen LogP contribution is 2.20. The van der Waals surface area contributed by atoms with E-state index in [1.807, 2.05) is 18.7 Å². The molecule has 120 valence electrons. The Morgan fingerprint density at radius 3 is 2.64 bits per heavy atom. The van der Waals surface area contributed by atoms with Crippen LogP contribution in [0, 0.1) is 0 Å². The van der Waals surface area contributed by atoms with Gasteiger partial charge in [0.05, 0.1) is 0 Å². The Morgan fingerprint density at radius 2 is 2.00 bits per heavy atom. The van der Waals surface area contributed by atoms with Gasteiger partial charge in [-0.1, -0.05) is 12.1 Å². The van der Waals surface area contributed by atoms with Crippen LogP contribution >= 0.6 is 11.8 Å². The van der Waals surface area contributed by atoms with Crippen molar-refractivity contribution in [2.24, 2.45) is 0 Å². The first-order chi connectivity index (χ1) is 10.7. The molecule has 0 saturated carbocycles. The molecule has 22 heavy (non-hydrogen) atoms. The van der Waals surface area contributed by atoms with Gasteiger partial charge in [0.25, 0.3) is 0 Å². The monoisotopic (exact) mass is 320 g/mol. The van der Waals surface area contributed by atoms with E-state index in [4.69, 9.17) is 4.74 Å². The molecule has 0 spiro atoms. The molecule has 0 radical (unpaired) electrons. The summed E-state index contributed by atoms with van der Waals surface area (Å²) in [4.78, 5) is 14.2. The lowest BCUT2D eigenvalue weighted by molar-refractivity contribution is -0.141. The molecule has 2 fully saturated rings. The number of esters is 1. The van der Waals surface area contributed by atoms with E-state index >= 15 is 0 Å². The van der Waals surface area contributed by atoms with E-state index in [0.29, 0.717) is 0 Å². The molecule has 1 aromatic carbocycles. The molecule has 1 N–H and O–H groups in total. The minimum atomic E-state index is -0.202. The molecule has 2 aliphatic heterocycles. The van der Waals surface area contributed by atoms with Crippen molar-refractivity contribution in [3.8, 4) is 0 Å². The first kappa shape index (κ1) is 15.7. The topological polar surface area (TPSA) is 41.6 Å². The maximum absolute atomic E-state index is 11.6. The molecular weight excluding hydrogens is 296 g/mol. The van der Waals surface area contributed by atoms with Gasteiger partial charge in [0.1, 0.15) is 12.1 Å². The van der Waals surface area contributed by atoms with E-state index in [1.165, 1.54) is 30.2 Å². The van der Waals surface area contributed by atoms with E-state index in [9.17, 15) is 4.79 Å². The molecule has 0 aromatic heterocycles. The third-order valence-corrected chi connectivity index (χ3v) is 5.23. The van der Waals surface area contributed by atoms with Gasteiger partial charge < -0.3 is 15.0 Å². The maximum Gasteiger partial charge on any atom is 0.328 e. The number of carbonyl (C=O) groups is 1. The van der Waals surface area contributed by atoms with E-state index in [0.717, 1.165) is 25.1 Å². The zero-order chi connectivity index (χ0) is 15.4. The van der Waals surface area contributed by atoms with Gasteiger partial charge in [-0.3, -0.25) is 0 Å². The lowest BCUT2D eigenvalue weighted by atomic mass is 10.1. The van der Waals surface area contributed by atoms with Crippen molar-refractivity contribution in [1.29, 1.82) is 0 Å². The lowest BCUT2D eigenvalue weighted by Gasteiger charge is -2.26. The van der Waals surface area contributed by atoms with Crippen LogP contribution in [0.2, 0.25) is 0 Å². The van der Waals surface area contributed by atoms with Crippen molar-refractivity contribution in [2.45, 2.75) is 31.9 Å². The van der Waals surface area contributed by atoms with Gasteiger partial charge in [-0.25, -0.2) is 4.79 Å². The summed E-state index contributed by atoms with van der Waals surface area (Å²) in [5.74, 6) is 2.39. The number of thioether (sulfide) groups is 1. The second-order valence-electron chi connectivity index (χ2n) is 6.08. The Labute approximate surface area is 136 Å². The van der Waals surface area contributed by atoms with Crippen molar-refractivity contribution < 1.29 is 9.53 Å². The summed E-state index contributed by atoms with van der Waals surface area (Å²) in [5, 5.41) is 3.27. The van der Waals surface area contributed by atoms with Crippen LogP contribution in [0.4, 0.5) is 5.69 Å². The molecule has 2 atom stereocenters.